The van der Waals surface area contributed by atoms with Crippen LogP contribution in [0.1, 0.15) is 31.5 Å². The number of benzene rings is 1. The van der Waals surface area contributed by atoms with Gasteiger partial charge in [-0.2, -0.15) is 0 Å². The van der Waals surface area contributed by atoms with Crippen LogP contribution in [-0.4, -0.2) is 26.4 Å². The van der Waals surface area contributed by atoms with Gasteiger partial charge in [-0.1, -0.05) is 11.8 Å². The third-order valence-electron chi connectivity index (χ3n) is 3.48. The summed E-state index contributed by atoms with van der Waals surface area (Å²) in [4.78, 5) is 11.9. The fourth-order valence-corrected chi connectivity index (χ4v) is 3.11. The number of carbonyl (C=O) groups excluding carboxylic acids is 1. The van der Waals surface area contributed by atoms with Crippen LogP contribution in [-0.2, 0) is 11.3 Å². The molecule has 1 aliphatic carbocycles. The lowest BCUT2D eigenvalue weighted by Crippen LogP contribution is -2.15. The van der Waals surface area contributed by atoms with Crippen LogP contribution in [0.4, 0.5) is 14.5 Å². The first-order chi connectivity index (χ1) is 11.1. The fraction of sp³-hybridized carbons (Fsp3) is 0.400. The van der Waals surface area contributed by atoms with Gasteiger partial charge in [-0.25, -0.2) is 8.78 Å². The Labute approximate surface area is 136 Å². The molecule has 23 heavy (non-hydrogen) atoms. The van der Waals surface area contributed by atoms with Gasteiger partial charge in [-0.3, -0.25) is 4.79 Å². The molecule has 1 aliphatic rings. The van der Waals surface area contributed by atoms with Gasteiger partial charge >= 0.3 is 0 Å². The topological polar surface area (TPSA) is 59.8 Å². The van der Waals surface area contributed by atoms with E-state index >= 15 is 0 Å². The van der Waals surface area contributed by atoms with E-state index < -0.39 is 11.6 Å². The average molecular weight is 338 g/mol. The highest BCUT2D eigenvalue weighted by Crippen LogP contribution is 2.39. The number of halogens is 2. The summed E-state index contributed by atoms with van der Waals surface area (Å²) in [6, 6.07) is 2.91. The van der Waals surface area contributed by atoms with Gasteiger partial charge in [0.05, 0.1) is 5.75 Å². The Morgan fingerprint density at radius 3 is 2.61 bits per heavy atom. The number of rotatable bonds is 6. The Balaban J connectivity index is 1.60. The van der Waals surface area contributed by atoms with E-state index in [0.29, 0.717) is 11.1 Å². The van der Waals surface area contributed by atoms with Gasteiger partial charge in [0.2, 0.25) is 5.91 Å². The van der Waals surface area contributed by atoms with E-state index in [1.165, 1.54) is 11.8 Å². The molecule has 0 spiro atoms. The minimum atomic E-state index is -0.729. The maximum absolute atomic E-state index is 13.1. The zero-order chi connectivity index (χ0) is 16.4. The number of carbonyl (C=O) groups is 1. The van der Waals surface area contributed by atoms with Crippen LogP contribution < -0.4 is 5.32 Å². The molecule has 0 bridgehead atoms. The van der Waals surface area contributed by atoms with E-state index in [4.69, 9.17) is 0 Å². The van der Waals surface area contributed by atoms with Crippen molar-refractivity contribution in [2.24, 2.45) is 0 Å². The highest BCUT2D eigenvalue weighted by atomic mass is 32.2. The summed E-state index contributed by atoms with van der Waals surface area (Å²) < 4.78 is 28.2. The second kappa shape index (κ2) is 6.66. The lowest BCUT2D eigenvalue weighted by Gasteiger charge is -2.07. The van der Waals surface area contributed by atoms with Crippen molar-refractivity contribution in [1.29, 1.82) is 0 Å². The second-order valence-electron chi connectivity index (χ2n) is 5.35. The van der Waals surface area contributed by atoms with Crippen LogP contribution >= 0.6 is 11.8 Å². The van der Waals surface area contributed by atoms with Gasteiger partial charge in [0.15, 0.2) is 5.16 Å². The van der Waals surface area contributed by atoms with Crippen molar-refractivity contribution in [1.82, 2.24) is 14.8 Å². The maximum atomic E-state index is 13.1. The molecular formula is C15H16F2N4OS. The number of nitrogens with zero attached hydrogens (tertiary/aromatic N) is 3. The van der Waals surface area contributed by atoms with E-state index in [1.807, 2.05) is 11.5 Å². The van der Waals surface area contributed by atoms with Gasteiger partial charge in [-0.05, 0) is 31.9 Å². The lowest BCUT2D eigenvalue weighted by atomic mass is 10.3. The van der Waals surface area contributed by atoms with Crippen molar-refractivity contribution < 1.29 is 13.6 Å². The molecule has 0 radical (unpaired) electrons. The first kappa shape index (κ1) is 15.9. The van der Waals surface area contributed by atoms with Gasteiger partial charge in [-0.15, -0.1) is 10.2 Å². The Kier molecular flexibility index (Phi) is 4.61. The number of thioether (sulfide) groups is 1. The van der Waals surface area contributed by atoms with Crippen molar-refractivity contribution in [3.05, 3.63) is 35.7 Å². The molecule has 2 aromatic rings. The molecule has 1 saturated carbocycles. The van der Waals surface area contributed by atoms with Gasteiger partial charge in [0.25, 0.3) is 0 Å². The molecule has 0 saturated heterocycles. The molecule has 1 amide bonds. The summed E-state index contributed by atoms with van der Waals surface area (Å²) in [5.41, 5.74) is 0.101. The summed E-state index contributed by atoms with van der Waals surface area (Å²) >= 11 is 1.26. The monoisotopic (exact) mass is 338 g/mol. The second-order valence-corrected chi connectivity index (χ2v) is 6.30. The molecule has 1 heterocycles. The molecular weight excluding hydrogens is 322 g/mol. The van der Waals surface area contributed by atoms with Crippen LogP contribution in [0, 0.1) is 11.6 Å². The van der Waals surface area contributed by atoms with Crippen LogP contribution in [0.3, 0.4) is 0 Å². The molecule has 1 N–H and O–H groups in total. The summed E-state index contributed by atoms with van der Waals surface area (Å²) in [6.45, 7) is 2.76. The van der Waals surface area contributed by atoms with Crippen LogP contribution in [0.25, 0.3) is 0 Å². The third-order valence-corrected chi connectivity index (χ3v) is 4.45. The number of anilines is 1. The minimum absolute atomic E-state index is 0.0981. The van der Waals surface area contributed by atoms with Crippen LogP contribution in [0.2, 0.25) is 0 Å². The molecule has 122 valence electrons. The zero-order valence-corrected chi connectivity index (χ0v) is 13.4. The highest BCUT2D eigenvalue weighted by Gasteiger charge is 2.30. The van der Waals surface area contributed by atoms with Gasteiger partial charge in [0.1, 0.15) is 17.5 Å². The first-order valence-corrected chi connectivity index (χ1v) is 8.37. The van der Waals surface area contributed by atoms with E-state index in [2.05, 4.69) is 15.5 Å². The molecule has 8 heteroatoms. The lowest BCUT2D eigenvalue weighted by molar-refractivity contribution is -0.113. The van der Waals surface area contributed by atoms with Crippen molar-refractivity contribution in [2.45, 2.75) is 37.4 Å². The smallest absolute Gasteiger partial charge is 0.234 e. The van der Waals surface area contributed by atoms with Gasteiger partial charge in [0, 0.05) is 24.2 Å². The van der Waals surface area contributed by atoms with Crippen molar-refractivity contribution >= 4 is 23.4 Å². The SMILES string of the molecule is CCn1c(SCC(=O)Nc2cc(F)cc(F)c2)nnc1C1CC1. The number of hydrogen-bond acceptors (Lipinski definition) is 4. The summed E-state index contributed by atoms with van der Waals surface area (Å²) in [5.74, 6) is -0.247. The molecule has 1 aromatic heterocycles. The third kappa shape index (κ3) is 3.87. The fourth-order valence-electron chi connectivity index (χ4n) is 2.30. The molecule has 0 aliphatic heterocycles. The summed E-state index contributed by atoms with van der Waals surface area (Å²) in [5, 5.41) is 11.5. The average Bonchev–Trinajstić information content (AvgIpc) is 3.24. The number of hydrogen-bond donors (Lipinski definition) is 1. The van der Waals surface area contributed by atoms with Gasteiger partial charge < -0.3 is 9.88 Å². The van der Waals surface area contributed by atoms with E-state index in [-0.39, 0.29) is 17.3 Å². The zero-order valence-electron chi connectivity index (χ0n) is 12.6. The number of amides is 1. The van der Waals surface area contributed by atoms with Crippen molar-refractivity contribution in [3.63, 3.8) is 0 Å². The standard InChI is InChI=1S/C15H16F2N4OS/c1-2-21-14(9-3-4-9)19-20-15(21)23-8-13(22)18-12-6-10(16)5-11(17)7-12/h5-7,9H,2-4,8H2,1H3,(H,18,22). The Morgan fingerprint density at radius 2 is 2.00 bits per heavy atom. The normalized spacial score (nSPS) is 14.0. The Hall–Kier alpha value is -1.96. The molecule has 1 fully saturated rings. The quantitative estimate of drug-likeness (QED) is 0.822. The van der Waals surface area contributed by atoms with Crippen LogP contribution in [0.5, 0.6) is 0 Å². The van der Waals surface area contributed by atoms with E-state index in [1.54, 1.807) is 0 Å². The van der Waals surface area contributed by atoms with Crippen molar-refractivity contribution in [3.8, 4) is 0 Å². The molecule has 0 unspecified atom stereocenters. The number of aromatic nitrogens is 3. The molecule has 3 rings (SSSR count). The summed E-state index contributed by atoms with van der Waals surface area (Å²) in [6.07, 6.45) is 2.27. The molecule has 1 aromatic carbocycles. The minimum Gasteiger partial charge on any atom is -0.325 e. The maximum Gasteiger partial charge on any atom is 0.234 e. The number of nitrogens with one attached hydrogen (secondary N) is 1. The molecule has 5 nitrogen and oxygen atoms in total. The predicted molar refractivity (Wildman–Crippen MR) is 83.4 cm³/mol. The first-order valence-electron chi connectivity index (χ1n) is 7.38. The largest absolute Gasteiger partial charge is 0.325 e. The van der Waals surface area contributed by atoms with E-state index in [0.717, 1.165) is 43.4 Å². The van der Waals surface area contributed by atoms with Crippen molar-refractivity contribution in [2.75, 3.05) is 11.1 Å². The predicted octanol–water partition coefficient (Wildman–Crippen LogP) is 3.18. The highest BCUT2D eigenvalue weighted by molar-refractivity contribution is 7.99. The Morgan fingerprint density at radius 1 is 1.30 bits per heavy atom. The van der Waals surface area contributed by atoms with Crippen LogP contribution in [0.15, 0.2) is 23.4 Å². The van der Waals surface area contributed by atoms with E-state index in [9.17, 15) is 13.6 Å². The molecule has 0 atom stereocenters. The summed E-state index contributed by atoms with van der Waals surface area (Å²) in [7, 11) is 0. The Bertz CT molecular complexity index is 710.